The molecule has 4 aromatic rings. The maximum Gasteiger partial charge on any atom is 0.261 e. The fraction of sp³-hybridized carbons (Fsp3) is 0.379. The number of hydrogen-bond acceptors (Lipinski definition) is 6. The lowest BCUT2D eigenvalue weighted by Crippen LogP contribution is -2.34. The summed E-state index contributed by atoms with van der Waals surface area (Å²) < 4.78 is 0. The fourth-order valence-electron chi connectivity index (χ4n) is 5.36. The van der Waals surface area contributed by atoms with Gasteiger partial charge < -0.3 is 30.4 Å². The van der Waals surface area contributed by atoms with Crippen LogP contribution in [0.25, 0.3) is 22.4 Å². The first kappa shape index (κ1) is 26.4. The normalized spacial score (nSPS) is 15.7. The van der Waals surface area contributed by atoms with E-state index in [0.717, 1.165) is 55.5 Å². The van der Waals surface area contributed by atoms with Crippen molar-refractivity contribution < 1.29 is 10.2 Å². The van der Waals surface area contributed by atoms with Gasteiger partial charge in [-0.15, -0.1) is 0 Å². The Morgan fingerprint density at radius 3 is 2.79 bits per heavy atom. The molecule has 0 aliphatic carbocycles. The standard InChI is InChI=1S/C29H34ClN5O3/c1-18-14-21(19-7-11-35(12-8-19)10-3-13-36)16-24-27(18)34-28(33-24)26-23(6-9-31-29(26)38)32-17-25(37)20-4-2-5-22(30)15-20/h2,4-6,9,14-16,19,25,36-37H,3,7-8,10-13,17H2,1H3,(H,33,34)(H2,31,32,38)/t25-/m1/s1. The van der Waals surface area contributed by atoms with E-state index in [9.17, 15) is 9.90 Å². The van der Waals surface area contributed by atoms with E-state index in [1.54, 1.807) is 30.5 Å². The van der Waals surface area contributed by atoms with E-state index in [4.69, 9.17) is 21.7 Å². The molecule has 3 heterocycles. The number of aromatic amines is 2. The average Bonchev–Trinajstić information content (AvgIpc) is 3.35. The summed E-state index contributed by atoms with van der Waals surface area (Å²) in [6, 6.07) is 13.3. The third-order valence-corrected chi connectivity index (χ3v) is 7.64. The number of aliphatic hydroxyl groups excluding tert-OH is 2. The number of anilines is 1. The molecule has 5 N–H and O–H groups in total. The summed E-state index contributed by atoms with van der Waals surface area (Å²) in [6.45, 7) is 5.52. The van der Waals surface area contributed by atoms with E-state index in [2.05, 4.69) is 39.2 Å². The van der Waals surface area contributed by atoms with Crippen LogP contribution in [0.15, 0.2) is 53.5 Å². The Kier molecular flexibility index (Phi) is 8.14. The average molecular weight is 536 g/mol. The van der Waals surface area contributed by atoms with Gasteiger partial charge in [-0.3, -0.25) is 4.79 Å². The van der Waals surface area contributed by atoms with Gasteiger partial charge in [0.05, 0.1) is 22.8 Å². The van der Waals surface area contributed by atoms with Gasteiger partial charge in [-0.2, -0.15) is 0 Å². The second kappa shape index (κ2) is 11.7. The Labute approximate surface area is 226 Å². The van der Waals surface area contributed by atoms with Gasteiger partial charge in [-0.25, -0.2) is 4.98 Å². The predicted molar refractivity (Wildman–Crippen MR) is 152 cm³/mol. The zero-order valence-electron chi connectivity index (χ0n) is 21.5. The van der Waals surface area contributed by atoms with Gasteiger partial charge in [-0.05, 0) is 86.1 Å². The molecule has 9 heteroatoms. The van der Waals surface area contributed by atoms with Gasteiger partial charge in [0.15, 0.2) is 0 Å². The van der Waals surface area contributed by atoms with Gasteiger partial charge in [0, 0.05) is 30.9 Å². The number of hydrogen-bond donors (Lipinski definition) is 5. The van der Waals surface area contributed by atoms with Crippen LogP contribution in [-0.2, 0) is 0 Å². The Hall–Kier alpha value is -3.17. The highest BCUT2D eigenvalue weighted by molar-refractivity contribution is 6.30. The van der Waals surface area contributed by atoms with Crippen molar-refractivity contribution in [2.45, 2.75) is 38.2 Å². The molecule has 0 amide bonds. The molecular formula is C29H34ClN5O3. The molecule has 0 radical (unpaired) electrons. The Bertz CT molecular complexity index is 1460. The highest BCUT2D eigenvalue weighted by Gasteiger charge is 2.22. The van der Waals surface area contributed by atoms with E-state index < -0.39 is 6.10 Å². The summed E-state index contributed by atoms with van der Waals surface area (Å²) in [7, 11) is 0. The van der Waals surface area contributed by atoms with Crippen molar-refractivity contribution in [3.05, 3.63) is 80.7 Å². The smallest absolute Gasteiger partial charge is 0.261 e. The second-order valence-corrected chi connectivity index (χ2v) is 10.5. The number of H-pyrrole nitrogens is 2. The van der Waals surface area contributed by atoms with Crippen LogP contribution in [0.1, 0.15) is 48.0 Å². The molecule has 1 saturated heterocycles. The summed E-state index contributed by atoms with van der Waals surface area (Å²) >= 11 is 6.07. The number of aliphatic hydroxyl groups is 2. The van der Waals surface area contributed by atoms with E-state index in [1.807, 2.05) is 6.07 Å². The fourth-order valence-corrected chi connectivity index (χ4v) is 5.55. The number of nitrogens with one attached hydrogen (secondary N) is 3. The van der Waals surface area contributed by atoms with Crippen molar-refractivity contribution in [1.82, 2.24) is 19.9 Å². The molecule has 200 valence electrons. The van der Waals surface area contributed by atoms with Crippen LogP contribution < -0.4 is 10.9 Å². The number of benzene rings is 2. The molecule has 8 nitrogen and oxygen atoms in total. The number of fused-ring (bicyclic) bond motifs is 1. The Morgan fingerprint density at radius 1 is 1.21 bits per heavy atom. The molecule has 1 fully saturated rings. The van der Waals surface area contributed by atoms with Crippen molar-refractivity contribution in [1.29, 1.82) is 0 Å². The van der Waals surface area contributed by atoms with Crippen molar-refractivity contribution in [3.63, 3.8) is 0 Å². The lowest BCUT2D eigenvalue weighted by Gasteiger charge is -2.32. The monoisotopic (exact) mass is 535 g/mol. The van der Waals surface area contributed by atoms with Crippen molar-refractivity contribution in [2.75, 3.05) is 38.1 Å². The molecule has 0 unspecified atom stereocenters. The van der Waals surface area contributed by atoms with Gasteiger partial charge in [-0.1, -0.05) is 29.8 Å². The highest BCUT2D eigenvalue weighted by atomic mass is 35.5. The van der Waals surface area contributed by atoms with E-state index in [1.165, 1.54) is 5.56 Å². The third-order valence-electron chi connectivity index (χ3n) is 7.41. The van der Waals surface area contributed by atoms with Crippen LogP contribution in [0, 0.1) is 6.92 Å². The van der Waals surface area contributed by atoms with Crippen LogP contribution in [0.3, 0.4) is 0 Å². The van der Waals surface area contributed by atoms with Crippen LogP contribution in [0.4, 0.5) is 5.69 Å². The minimum Gasteiger partial charge on any atom is -0.396 e. The van der Waals surface area contributed by atoms with E-state index in [0.29, 0.717) is 33.6 Å². The van der Waals surface area contributed by atoms with Crippen LogP contribution >= 0.6 is 11.6 Å². The van der Waals surface area contributed by atoms with Gasteiger partial charge in [0.2, 0.25) is 0 Å². The largest absolute Gasteiger partial charge is 0.396 e. The van der Waals surface area contributed by atoms with Gasteiger partial charge in [0.25, 0.3) is 5.56 Å². The summed E-state index contributed by atoms with van der Waals surface area (Å²) in [5.74, 6) is 0.959. The molecule has 1 aliphatic rings. The zero-order chi connectivity index (χ0) is 26.6. The topological polar surface area (TPSA) is 117 Å². The molecule has 5 rings (SSSR count). The zero-order valence-corrected chi connectivity index (χ0v) is 22.3. The number of piperidine rings is 1. The van der Waals surface area contributed by atoms with Gasteiger partial charge >= 0.3 is 0 Å². The summed E-state index contributed by atoms with van der Waals surface area (Å²) in [4.78, 5) is 26.3. The quantitative estimate of drug-likeness (QED) is 0.214. The molecule has 0 spiro atoms. The first-order chi connectivity index (χ1) is 18.4. The number of likely N-dealkylation sites (tertiary alicyclic amines) is 1. The summed E-state index contributed by atoms with van der Waals surface area (Å²) in [6.07, 6.45) is 3.77. The minimum atomic E-state index is -0.795. The molecular weight excluding hydrogens is 502 g/mol. The third kappa shape index (κ3) is 5.78. The maximum absolute atomic E-state index is 12.9. The Balaban J connectivity index is 1.38. The first-order valence-electron chi connectivity index (χ1n) is 13.2. The Morgan fingerprint density at radius 2 is 2.03 bits per heavy atom. The lowest BCUT2D eigenvalue weighted by molar-refractivity contribution is 0.187. The molecule has 1 atom stereocenters. The number of aromatic nitrogens is 3. The highest BCUT2D eigenvalue weighted by Crippen LogP contribution is 2.33. The first-order valence-corrected chi connectivity index (χ1v) is 13.5. The molecule has 38 heavy (non-hydrogen) atoms. The number of nitrogens with zero attached hydrogens (tertiary/aromatic N) is 2. The second-order valence-electron chi connectivity index (χ2n) is 10.1. The number of aryl methyl sites for hydroxylation is 1. The van der Waals surface area contributed by atoms with Crippen molar-refractivity contribution >= 4 is 28.3 Å². The predicted octanol–water partition coefficient (Wildman–Crippen LogP) is 4.59. The molecule has 1 aliphatic heterocycles. The number of pyridine rings is 1. The molecule has 2 aromatic carbocycles. The maximum atomic E-state index is 12.9. The van der Waals surface area contributed by atoms with E-state index in [-0.39, 0.29) is 18.7 Å². The van der Waals surface area contributed by atoms with Crippen LogP contribution in [0.5, 0.6) is 0 Å². The summed E-state index contributed by atoms with van der Waals surface area (Å²) in [5.41, 5.74) is 5.53. The van der Waals surface area contributed by atoms with E-state index >= 15 is 0 Å². The van der Waals surface area contributed by atoms with Crippen molar-refractivity contribution in [3.8, 4) is 11.4 Å². The van der Waals surface area contributed by atoms with Crippen LogP contribution in [0.2, 0.25) is 5.02 Å². The number of rotatable bonds is 9. The van der Waals surface area contributed by atoms with Gasteiger partial charge in [0.1, 0.15) is 11.4 Å². The number of halogens is 1. The SMILES string of the molecule is Cc1cc(C2CCN(CCCO)CC2)cc2[nH]c(-c3c(NC[C@@H](O)c4cccc(Cl)c4)cc[nH]c3=O)nc12. The molecule has 0 bridgehead atoms. The lowest BCUT2D eigenvalue weighted by atomic mass is 9.88. The summed E-state index contributed by atoms with van der Waals surface area (Å²) in [5, 5.41) is 23.5. The van der Waals surface area contributed by atoms with Crippen molar-refractivity contribution in [2.24, 2.45) is 0 Å². The molecule has 0 saturated carbocycles. The number of imidazole rings is 1. The van der Waals surface area contributed by atoms with Crippen LogP contribution in [-0.4, -0.2) is 62.9 Å². The minimum absolute atomic E-state index is 0.206. The molecule has 2 aromatic heterocycles.